The van der Waals surface area contributed by atoms with Crippen LogP contribution in [0.5, 0.6) is 0 Å². The molecule has 0 aromatic carbocycles. The highest BCUT2D eigenvalue weighted by atomic mass is 127. The van der Waals surface area contributed by atoms with Crippen molar-refractivity contribution >= 4 is 29.9 Å². The van der Waals surface area contributed by atoms with E-state index in [0.717, 1.165) is 89.2 Å². The molecule has 1 aliphatic rings. The minimum absolute atomic E-state index is 0. The highest BCUT2D eigenvalue weighted by Gasteiger charge is 2.13. The number of guanidine groups is 1. The molecule has 2 N–H and O–H groups in total. The van der Waals surface area contributed by atoms with Gasteiger partial charge in [0.15, 0.2) is 11.8 Å². The lowest BCUT2D eigenvalue weighted by molar-refractivity contribution is 0.0203. The molecule has 0 radical (unpaired) electrons. The summed E-state index contributed by atoms with van der Waals surface area (Å²) in [4.78, 5) is 4.65. The number of nitrogens with zero attached hydrogens (tertiary/aromatic N) is 4. The molecule has 0 unspecified atom stereocenters. The predicted molar refractivity (Wildman–Crippen MR) is 122 cm³/mol. The van der Waals surface area contributed by atoms with Gasteiger partial charge >= 0.3 is 0 Å². The van der Waals surface area contributed by atoms with Crippen LogP contribution in [0.15, 0.2) is 4.99 Å². The quantitative estimate of drug-likeness (QED) is 0.207. The van der Waals surface area contributed by atoms with Crippen LogP contribution in [0, 0.1) is 12.8 Å². The number of halogens is 1. The van der Waals surface area contributed by atoms with Crippen LogP contribution < -0.4 is 10.6 Å². The average molecular weight is 508 g/mol. The van der Waals surface area contributed by atoms with E-state index in [-0.39, 0.29) is 24.0 Å². The monoisotopic (exact) mass is 508 g/mol. The Hall–Kier alpha value is -0.940. The molecule has 0 atom stereocenters. The topological polar surface area (TPSA) is 85.6 Å². The summed E-state index contributed by atoms with van der Waals surface area (Å²) in [6, 6.07) is 0. The molecule has 0 saturated carbocycles. The Kier molecular flexibility index (Phi) is 13.4. The molecule has 0 aliphatic carbocycles. The Morgan fingerprint density at radius 2 is 1.93 bits per heavy atom. The van der Waals surface area contributed by atoms with E-state index >= 15 is 0 Å². The van der Waals surface area contributed by atoms with Gasteiger partial charge in [-0.15, -0.1) is 34.2 Å². The SMILES string of the molecule is CCCCNC(=NCc1nnc(C)n1C)NCCCOCC1CCOCC1.I. The second-order valence-corrected chi connectivity index (χ2v) is 7.08. The second kappa shape index (κ2) is 15.0. The summed E-state index contributed by atoms with van der Waals surface area (Å²) in [5, 5.41) is 15.0. The van der Waals surface area contributed by atoms with Gasteiger partial charge in [0.1, 0.15) is 12.4 Å². The number of hydrogen-bond donors (Lipinski definition) is 2. The van der Waals surface area contributed by atoms with Crippen LogP contribution in [0.25, 0.3) is 0 Å². The fourth-order valence-electron chi connectivity index (χ4n) is 2.84. The number of aromatic nitrogens is 3. The van der Waals surface area contributed by atoms with Crippen LogP contribution in [0.1, 0.15) is 50.7 Å². The van der Waals surface area contributed by atoms with E-state index < -0.39 is 0 Å². The zero-order valence-corrected chi connectivity index (χ0v) is 19.9. The third kappa shape index (κ3) is 9.51. The average Bonchev–Trinajstić information content (AvgIpc) is 3.01. The van der Waals surface area contributed by atoms with E-state index in [1.165, 1.54) is 0 Å². The van der Waals surface area contributed by atoms with Gasteiger partial charge in [0, 0.05) is 46.6 Å². The summed E-state index contributed by atoms with van der Waals surface area (Å²) in [7, 11) is 1.97. The van der Waals surface area contributed by atoms with Gasteiger partial charge in [-0.25, -0.2) is 4.99 Å². The third-order valence-corrected chi connectivity index (χ3v) is 4.84. The maximum Gasteiger partial charge on any atom is 0.191 e. The van der Waals surface area contributed by atoms with Crippen LogP contribution in [-0.4, -0.2) is 60.2 Å². The van der Waals surface area contributed by atoms with Crippen molar-refractivity contribution < 1.29 is 9.47 Å². The number of aryl methyl sites for hydroxylation is 1. The number of aliphatic imine (C=N–C) groups is 1. The van der Waals surface area contributed by atoms with Crippen molar-refractivity contribution in [2.75, 3.05) is 39.5 Å². The Labute approximate surface area is 186 Å². The Bertz CT molecular complexity index is 561. The van der Waals surface area contributed by atoms with Crippen LogP contribution in [0.4, 0.5) is 0 Å². The summed E-state index contributed by atoms with van der Waals surface area (Å²) in [6.45, 7) is 9.78. The largest absolute Gasteiger partial charge is 0.381 e. The first-order chi connectivity index (χ1) is 13.2. The highest BCUT2D eigenvalue weighted by molar-refractivity contribution is 14.0. The Morgan fingerprint density at radius 3 is 2.57 bits per heavy atom. The standard InChI is InChI=1S/C19H36N6O2.HI/c1-4-5-9-20-19(22-14-18-24-23-16(2)25(18)3)21-10-6-11-27-15-17-7-12-26-13-8-17;/h17H,4-15H2,1-3H3,(H2,20,21,22);1H. The maximum absolute atomic E-state index is 5.82. The minimum Gasteiger partial charge on any atom is -0.381 e. The van der Waals surface area contributed by atoms with Crippen LogP contribution in [-0.2, 0) is 23.1 Å². The van der Waals surface area contributed by atoms with Crippen molar-refractivity contribution in [3.63, 3.8) is 0 Å². The van der Waals surface area contributed by atoms with Crippen LogP contribution >= 0.6 is 24.0 Å². The fourth-order valence-corrected chi connectivity index (χ4v) is 2.84. The molecule has 1 fully saturated rings. The van der Waals surface area contributed by atoms with E-state index in [2.05, 4.69) is 32.7 Å². The van der Waals surface area contributed by atoms with Gasteiger partial charge in [-0.05, 0) is 38.5 Å². The zero-order valence-electron chi connectivity index (χ0n) is 17.6. The zero-order chi connectivity index (χ0) is 19.3. The van der Waals surface area contributed by atoms with Crippen molar-refractivity contribution in [3.8, 4) is 0 Å². The second-order valence-electron chi connectivity index (χ2n) is 7.08. The van der Waals surface area contributed by atoms with Crippen molar-refractivity contribution in [1.29, 1.82) is 0 Å². The summed E-state index contributed by atoms with van der Waals surface area (Å²) in [5.74, 6) is 3.25. The smallest absolute Gasteiger partial charge is 0.191 e. The van der Waals surface area contributed by atoms with Gasteiger partial charge in [0.25, 0.3) is 0 Å². The third-order valence-electron chi connectivity index (χ3n) is 4.84. The normalized spacial score (nSPS) is 15.3. The van der Waals surface area contributed by atoms with Gasteiger partial charge in [0.2, 0.25) is 0 Å². The molecule has 0 bridgehead atoms. The summed E-state index contributed by atoms with van der Waals surface area (Å²) in [6.07, 6.45) is 5.48. The number of hydrogen-bond acceptors (Lipinski definition) is 5. The van der Waals surface area contributed by atoms with E-state index in [4.69, 9.17) is 9.47 Å². The van der Waals surface area contributed by atoms with Gasteiger partial charge in [0.05, 0.1) is 0 Å². The lowest BCUT2D eigenvalue weighted by Gasteiger charge is -2.21. The van der Waals surface area contributed by atoms with Gasteiger partial charge in [-0.2, -0.15) is 0 Å². The number of nitrogens with one attached hydrogen (secondary N) is 2. The molecule has 0 spiro atoms. The molecule has 8 nitrogen and oxygen atoms in total. The van der Waals surface area contributed by atoms with Crippen LogP contribution in [0.3, 0.4) is 0 Å². The molecule has 2 heterocycles. The van der Waals surface area contributed by atoms with Crippen molar-refractivity contribution in [1.82, 2.24) is 25.4 Å². The molecular formula is C19H37IN6O2. The summed E-state index contributed by atoms with van der Waals surface area (Å²) < 4.78 is 13.2. The Morgan fingerprint density at radius 1 is 1.21 bits per heavy atom. The number of ether oxygens (including phenoxy) is 2. The first-order valence-electron chi connectivity index (χ1n) is 10.2. The van der Waals surface area contributed by atoms with Gasteiger partial charge in [-0.3, -0.25) is 0 Å². The first-order valence-corrected chi connectivity index (χ1v) is 10.2. The number of rotatable bonds is 11. The molecule has 0 amide bonds. The van der Waals surface area contributed by atoms with E-state index in [0.29, 0.717) is 12.5 Å². The minimum atomic E-state index is 0. The molecule has 9 heteroatoms. The molecule has 2 rings (SSSR count). The fraction of sp³-hybridized carbons (Fsp3) is 0.842. The lowest BCUT2D eigenvalue weighted by Crippen LogP contribution is -2.38. The van der Waals surface area contributed by atoms with E-state index in [9.17, 15) is 0 Å². The van der Waals surface area contributed by atoms with Crippen molar-refractivity contribution in [2.24, 2.45) is 18.0 Å². The maximum atomic E-state index is 5.82. The molecule has 1 saturated heterocycles. The highest BCUT2D eigenvalue weighted by Crippen LogP contribution is 2.14. The van der Waals surface area contributed by atoms with E-state index in [1.54, 1.807) is 0 Å². The molecular weight excluding hydrogens is 471 g/mol. The Balaban J connectivity index is 0.00000392. The predicted octanol–water partition coefficient (Wildman–Crippen LogP) is 2.41. The molecule has 1 aromatic rings. The molecule has 28 heavy (non-hydrogen) atoms. The van der Waals surface area contributed by atoms with E-state index in [1.807, 2.05) is 18.5 Å². The first kappa shape index (κ1) is 25.1. The molecule has 1 aromatic heterocycles. The molecule has 162 valence electrons. The van der Waals surface area contributed by atoms with Gasteiger partial charge < -0.3 is 24.7 Å². The van der Waals surface area contributed by atoms with Crippen molar-refractivity contribution in [2.45, 2.75) is 52.5 Å². The lowest BCUT2D eigenvalue weighted by atomic mass is 10.0. The summed E-state index contributed by atoms with van der Waals surface area (Å²) >= 11 is 0. The van der Waals surface area contributed by atoms with Crippen LogP contribution in [0.2, 0.25) is 0 Å². The molecule has 1 aliphatic heterocycles. The summed E-state index contributed by atoms with van der Waals surface area (Å²) in [5.41, 5.74) is 0. The van der Waals surface area contributed by atoms with Gasteiger partial charge in [-0.1, -0.05) is 13.3 Å². The van der Waals surface area contributed by atoms with Crippen molar-refractivity contribution in [3.05, 3.63) is 11.6 Å². The number of unbranched alkanes of at least 4 members (excludes halogenated alkanes) is 1.